The highest BCUT2D eigenvalue weighted by Crippen LogP contribution is 2.39. The maximum atomic E-state index is 13.7. The highest BCUT2D eigenvalue weighted by Gasteiger charge is 2.24. The Morgan fingerprint density at radius 3 is 2.49 bits per heavy atom. The van der Waals surface area contributed by atoms with Crippen LogP contribution in [0.2, 0.25) is 0 Å². The van der Waals surface area contributed by atoms with Gasteiger partial charge in [0.15, 0.2) is 0 Å². The molecule has 1 N–H and O–H groups in total. The van der Waals surface area contributed by atoms with E-state index in [2.05, 4.69) is 18.3 Å². The number of benzene rings is 3. The Kier molecular flexibility index (Phi) is 8.52. The highest BCUT2D eigenvalue weighted by atomic mass is 32.1. The molecule has 3 aromatic carbocycles. The molecule has 0 bridgehead atoms. The molecule has 1 amide bonds. The van der Waals surface area contributed by atoms with Gasteiger partial charge in [-0.3, -0.25) is 4.79 Å². The molecule has 1 aliphatic rings. The van der Waals surface area contributed by atoms with Crippen molar-refractivity contribution in [2.75, 3.05) is 5.32 Å². The molecule has 0 fully saturated rings. The lowest BCUT2D eigenvalue weighted by molar-refractivity contribution is 0.102. The van der Waals surface area contributed by atoms with Crippen LogP contribution >= 0.6 is 11.3 Å². The lowest BCUT2D eigenvalue weighted by atomic mass is 9.96. The molecule has 4 aromatic rings. The molecule has 200 valence electrons. The van der Waals surface area contributed by atoms with Gasteiger partial charge in [0.1, 0.15) is 23.2 Å². The number of rotatable bonds is 7. The molecule has 6 heteroatoms. The van der Waals surface area contributed by atoms with Gasteiger partial charge in [-0.25, -0.2) is 9.38 Å². The average molecular weight is 541 g/mol. The number of anilines is 1. The van der Waals surface area contributed by atoms with Gasteiger partial charge in [0.05, 0.1) is 5.56 Å². The summed E-state index contributed by atoms with van der Waals surface area (Å²) in [4.78, 5) is 19.8. The number of amides is 1. The van der Waals surface area contributed by atoms with Gasteiger partial charge in [-0.15, -0.1) is 11.3 Å². The zero-order chi connectivity index (χ0) is 27.2. The Hall–Kier alpha value is -3.77. The monoisotopic (exact) mass is 540 g/mol. The van der Waals surface area contributed by atoms with Gasteiger partial charge in [-0.1, -0.05) is 37.1 Å². The van der Waals surface area contributed by atoms with Crippen LogP contribution in [0.25, 0.3) is 0 Å². The second-order valence-electron chi connectivity index (χ2n) is 10.0. The highest BCUT2D eigenvalue weighted by molar-refractivity contribution is 7.16. The van der Waals surface area contributed by atoms with Crippen molar-refractivity contribution in [2.24, 2.45) is 4.99 Å². The topological polar surface area (TPSA) is 50.7 Å². The van der Waals surface area contributed by atoms with E-state index in [9.17, 15) is 9.18 Å². The number of carbonyl (C=O) groups excluding carboxylic acids is 1. The number of nitrogens with zero attached hydrogens (tertiary/aromatic N) is 1. The second-order valence-corrected chi connectivity index (χ2v) is 11.1. The first-order valence-electron chi connectivity index (χ1n) is 13.5. The second kappa shape index (κ2) is 12.4. The number of halogens is 1. The molecule has 0 unspecified atom stereocenters. The molecule has 0 atom stereocenters. The zero-order valence-corrected chi connectivity index (χ0v) is 23.2. The van der Waals surface area contributed by atoms with Gasteiger partial charge in [0.25, 0.3) is 5.91 Å². The minimum absolute atomic E-state index is 0.0848. The van der Waals surface area contributed by atoms with Crippen molar-refractivity contribution < 1.29 is 13.9 Å². The molecule has 0 saturated heterocycles. The van der Waals surface area contributed by atoms with E-state index in [1.807, 2.05) is 49.5 Å². The third-order valence-electron chi connectivity index (χ3n) is 7.26. The van der Waals surface area contributed by atoms with E-state index in [0.29, 0.717) is 12.2 Å². The SMILES string of the molecule is Cc1cccc(NC(=O)c2c(N=Cc3ccc(OCc4ccc(F)cc4)cc3)sc3c2CCCCCC3)c1C. The Morgan fingerprint density at radius 2 is 1.72 bits per heavy atom. The number of aliphatic imine (C=N–C) groups is 1. The molecule has 1 aliphatic carbocycles. The van der Waals surface area contributed by atoms with Gasteiger partial charge < -0.3 is 10.1 Å². The van der Waals surface area contributed by atoms with Crippen molar-refractivity contribution in [3.05, 3.63) is 111 Å². The standard InChI is InChI=1S/C33H33FN2O2S/c1-22-8-7-10-29(23(22)2)36-32(37)31-28-9-5-3-4-6-11-30(28)39-33(31)35-20-24-14-18-27(19-15-24)38-21-25-12-16-26(34)17-13-25/h7-8,10,12-20H,3-6,9,11,21H2,1-2H3,(H,36,37). The molecule has 5 rings (SSSR count). The van der Waals surface area contributed by atoms with Crippen molar-refractivity contribution in [2.45, 2.75) is 59.0 Å². The predicted molar refractivity (Wildman–Crippen MR) is 158 cm³/mol. The van der Waals surface area contributed by atoms with Gasteiger partial charge in [-0.2, -0.15) is 0 Å². The van der Waals surface area contributed by atoms with Crippen LogP contribution in [0.15, 0.2) is 71.7 Å². The molecular formula is C33H33FN2O2S. The summed E-state index contributed by atoms with van der Waals surface area (Å²) in [6, 6.07) is 20.0. The lowest BCUT2D eigenvalue weighted by Crippen LogP contribution is -2.15. The summed E-state index contributed by atoms with van der Waals surface area (Å²) in [6.45, 7) is 4.46. The van der Waals surface area contributed by atoms with Gasteiger partial charge in [0, 0.05) is 16.8 Å². The number of ether oxygens (including phenoxy) is 1. The Labute approximate surface area is 233 Å². The van der Waals surface area contributed by atoms with Crippen molar-refractivity contribution in [1.82, 2.24) is 0 Å². The number of nitrogens with one attached hydrogen (secondary N) is 1. The van der Waals surface area contributed by atoms with Crippen molar-refractivity contribution in [3.63, 3.8) is 0 Å². The van der Waals surface area contributed by atoms with E-state index in [-0.39, 0.29) is 11.7 Å². The number of thiophene rings is 1. The number of fused-ring (bicyclic) bond motifs is 1. The van der Waals surface area contributed by atoms with Crippen LogP contribution in [0.3, 0.4) is 0 Å². The third kappa shape index (κ3) is 6.63. The Balaban J connectivity index is 1.36. The van der Waals surface area contributed by atoms with E-state index in [1.54, 1.807) is 23.5 Å². The van der Waals surface area contributed by atoms with Crippen LogP contribution in [0.4, 0.5) is 15.1 Å². The van der Waals surface area contributed by atoms with Crippen LogP contribution in [0.1, 0.15) is 68.7 Å². The molecule has 0 spiro atoms. The normalized spacial score (nSPS) is 13.5. The van der Waals surface area contributed by atoms with Gasteiger partial charge in [-0.05, 0) is 110 Å². The summed E-state index contributed by atoms with van der Waals surface area (Å²) in [6.07, 6.45) is 8.40. The fourth-order valence-electron chi connectivity index (χ4n) is 4.83. The molecule has 0 aliphatic heterocycles. The summed E-state index contributed by atoms with van der Waals surface area (Å²) in [5.41, 5.74) is 6.78. The van der Waals surface area contributed by atoms with E-state index < -0.39 is 0 Å². The maximum absolute atomic E-state index is 13.7. The molecule has 0 saturated carbocycles. The van der Waals surface area contributed by atoms with E-state index in [1.165, 1.54) is 35.4 Å². The lowest BCUT2D eigenvalue weighted by Gasteiger charge is -2.13. The first-order valence-corrected chi connectivity index (χ1v) is 14.3. The number of hydrogen-bond acceptors (Lipinski definition) is 4. The summed E-state index contributed by atoms with van der Waals surface area (Å²) in [7, 11) is 0. The molecule has 39 heavy (non-hydrogen) atoms. The number of carbonyl (C=O) groups is 1. The minimum Gasteiger partial charge on any atom is -0.489 e. The average Bonchev–Trinajstić information content (AvgIpc) is 3.26. The van der Waals surface area contributed by atoms with E-state index in [4.69, 9.17) is 9.73 Å². The van der Waals surface area contributed by atoms with Crippen molar-refractivity contribution in [1.29, 1.82) is 0 Å². The van der Waals surface area contributed by atoms with Crippen molar-refractivity contribution in [3.8, 4) is 5.75 Å². The van der Waals surface area contributed by atoms with Crippen molar-refractivity contribution >= 4 is 34.1 Å². The summed E-state index contributed by atoms with van der Waals surface area (Å²) in [5, 5.41) is 3.94. The fourth-order valence-corrected chi connectivity index (χ4v) is 6.06. The largest absolute Gasteiger partial charge is 0.489 e. The Morgan fingerprint density at radius 1 is 0.974 bits per heavy atom. The van der Waals surface area contributed by atoms with Gasteiger partial charge in [0.2, 0.25) is 0 Å². The molecular weight excluding hydrogens is 507 g/mol. The minimum atomic E-state index is -0.258. The number of aryl methyl sites for hydroxylation is 2. The van der Waals surface area contributed by atoms with Crippen LogP contribution in [0.5, 0.6) is 5.75 Å². The van der Waals surface area contributed by atoms with E-state index in [0.717, 1.165) is 64.4 Å². The summed E-state index contributed by atoms with van der Waals surface area (Å²) >= 11 is 1.65. The van der Waals surface area contributed by atoms with Crippen LogP contribution < -0.4 is 10.1 Å². The van der Waals surface area contributed by atoms with Crippen LogP contribution in [-0.2, 0) is 19.4 Å². The maximum Gasteiger partial charge on any atom is 0.259 e. The molecule has 0 radical (unpaired) electrons. The predicted octanol–water partition coefficient (Wildman–Crippen LogP) is 8.74. The fraction of sp³-hybridized carbons (Fsp3) is 0.273. The first-order chi connectivity index (χ1) is 19.0. The number of hydrogen-bond donors (Lipinski definition) is 1. The van der Waals surface area contributed by atoms with E-state index >= 15 is 0 Å². The molecule has 1 heterocycles. The van der Waals surface area contributed by atoms with Crippen LogP contribution in [-0.4, -0.2) is 12.1 Å². The first kappa shape index (κ1) is 26.8. The zero-order valence-electron chi connectivity index (χ0n) is 22.4. The smallest absolute Gasteiger partial charge is 0.259 e. The summed E-state index contributed by atoms with van der Waals surface area (Å²) < 4.78 is 19.0. The third-order valence-corrected chi connectivity index (χ3v) is 8.46. The van der Waals surface area contributed by atoms with Crippen LogP contribution in [0, 0.1) is 19.7 Å². The Bertz CT molecular complexity index is 1470. The molecule has 1 aromatic heterocycles. The summed E-state index contributed by atoms with van der Waals surface area (Å²) in [5.74, 6) is 0.383. The molecule has 4 nitrogen and oxygen atoms in total. The quantitative estimate of drug-likeness (QED) is 0.238. The van der Waals surface area contributed by atoms with Gasteiger partial charge >= 0.3 is 0 Å².